The Morgan fingerprint density at radius 3 is 2.62 bits per heavy atom. The topological polar surface area (TPSA) is 93.4 Å². The van der Waals surface area contributed by atoms with Crippen LogP contribution in [0, 0.1) is 11.3 Å². The molecule has 1 atom stereocenters. The van der Waals surface area contributed by atoms with E-state index in [4.69, 9.17) is 10.4 Å². The van der Waals surface area contributed by atoms with E-state index in [0.29, 0.717) is 12.1 Å². The molecular formula is C15H19N3O3. The average molecular weight is 289 g/mol. The summed E-state index contributed by atoms with van der Waals surface area (Å²) < 4.78 is 0. The fraction of sp³-hybridized carbons (Fsp3) is 0.400. The van der Waals surface area contributed by atoms with Crippen LogP contribution in [-0.2, 0) is 4.79 Å². The number of nitrogens with one attached hydrogen (secondary N) is 1. The Labute approximate surface area is 124 Å². The number of amides is 2. The van der Waals surface area contributed by atoms with Crippen molar-refractivity contribution in [2.24, 2.45) is 0 Å². The zero-order chi connectivity index (χ0) is 15.7. The van der Waals surface area contributed by atoms with Gasteiger partial charge in [-0.2, -0.15) is 5.26 Å². The van der Waals surface area contributed by atoms with E-state index in [-0.39, 0.29) is 31.5 Å². The highest BCUT2D eigenvalue weighted by Crippen LogP contribution is 2.14. The van der Waals surface area contributed by atoms with Gasteiger partial charge in [-0.05, 0) is 25.5 Å². The van der Waals surface area contributed by atoms with Crippen molar-refractivity contribution in [1.82, 2.24) is 5.32 Å². The molecular weight excluding hydrogens is 270 g/mol. The molecule has 0 aliphatic carbocycles. The molecule has 112 valence electrons. The Balaban J connectivity index is 2.68. The fourth-order valence-electron chi connectivity index (χ4n) is 1.82. The summed E-state index contributed by atoms with van der Waals surface area (Å²) in [4.78, 5) is 24.3. The number of nitrogens with zero attached hydrogens (tertiary/aromatic N) is 2. The number of carboxylic acid groups (broad SMARTS) is 1. The van der Waals surface area contributed by atoms with Crippen LogP contribution in [0.15, 0.2) is 30.3 Å². The second-order valence-electron chi connectivity index (χ2n) is 4.68. The molecule has 1 unspecified atom stereocenters. The second-order valence-corrected chi connectivity index (χ2v) is 4.68. The Kier molecular flexibility index (Phi) is 6.75. The third-order valence-electron chi connectivity index (χ3n) is 2.92. The van der Waals surface area contributed by atoms with E-state index in [1.54, 1.807) is 19.1 Å². The van der Waals surface area contributed by atoms with Crippen LogP contribution in [0.25, 0.3) is 0 Å². The minimum absolute atomic E-state index is 0.00494. The Morgan fingerprint density at radius 1 is 1.38 bits per heavy atom. The highest BCUT2D eigenvalue weighted by Gasteiger charge is 2.17. The number of carboxylic acids is 1. The summed E-state index contributed by atoms with van der Waals surface area (Å²) in [7, 11) is 0. The molecule has 1 aromatic carbocycles. The lowest BCUT2D eigenvalue weighted by Gasteiger charge is -2.24. The second kappa shape index (κ2) is 8.59. The van der Waals surface area contributed by atoms with Gasteiger partial charge in [0.25, 0.3) is 0 Å². The van der Waals surface area contributed by atoms with Crippen molar-refractivity contribution < 1.29 is 14.7 Å². The number of nitriles is 1. The highest BCUT2D eigenvalue weighted by atomic mass is 16.4. The molecule has 0 spiro atoms. The van der Waals surface area contributed by atoms with Crippen molar-refractivity contribution in [3.63, 3.8) is 0 Å². The van der Waals surface area contributed by atoms with Gasteiger partial charge in [-0.15, -0.1) is 0 Å². The van der Waals surface area contributed by atoms with E-state index < -0.39 is 5.97 Å². The summed E-state index contributed by atoms with van der Waals surface area (Å²) in [6.07, 6.45) is 0.596. The average Bonchev–Trinajstić information content (AvgIpc) is 2.46. The molecule has 0 bridgehead atoms. The minimum atomic E-state index is -0.888. The minimum Gasteiger partial charge on any atom is -0.481 e. The van der Waals surface area contributed by atoms with Crippen molar-refractivity contribution in [2.45, 2.75) is 32.2 Å². The monoisotopic (exact) mass is 289 g/mol. The SMILES string of the molecule is CC(CCC(=O)O)NC(=O)N(CCC#N)c1ccccc1. The van der Waals surface area contributed by atoms with E-state index >= 15 is 0 Å². The number of hydrogen-bond acceptors (Lipinski definition) is 3. The van der Waals surface area contributed by atoms with Crippen LogP contribution in [0.3, 0.4) is 0 Å². The molecule has 0 saturated heterocycles. The van der Waals surface area contributed by atoms with Crippen molar-refractivity contribution in [1.29, 1.82) is 5.26 Å². The van der Waals surface area contributed by atoms with Crippen LogP contribution in [0.2, 0.25) is 0 Å². The first-order valence-electron chi connectivity index (χ1n) is 6.76. The molecule has 0 aliphatic rings. The quantitative estimate of drug-likeness (QED) is 0.805. The lowest BCUT2D eigenvalue weighted by molar-refractivity contribution is -0.137. The first-order valence-corrected chi connectivity index (χ1v) is 6.76. The number of rotatable bonds is 7. The first kappa shape index (κ1) is 16.5. The Bertz CT molecular complexity index is 511. The molecule has 0 aliphatic heterocycles. The lowest BCUT2D eigenvalue weighted by atomic mass is 10.2. The maximum Gasteiger partial charge on any atom is 0.322 e. The standard InChI is InChI=1S/C15H19N3O3/c1-12(8-9-14(19)20)17-15(21)18(11-5-10-16)13-6-3-2-4-7-13/h2-4,6-7,12H,5,8-9,11H2,1H3,(H,17,21)(H,19,20). The van der Waals surface area contributed by atoms with Crippen LogP contribution in [0.5, 0.6) is 0 Å². The van der Waals surface area contributed by atoms with Gasteiger partial charge in [0.05, 0.1) is 12.5 Å². The van der Waals surface area contributed by atoms with Gasteiger partial charge in [-0.25, -0.2) is 4.79 Å². The summed E-state index contributed by atoms with van der Waals surface area (Å²) in [5.41, 5.74) is 0.704. The number of carbonyl (C=O) groups is 2. The van der Waals surface area contributed by atoms with Crippen molar-refractivity contribution in [2.75, 3.05) is 11.4 Å². The molecule has 0 radical (unpaired) electrons. The third-order valence-corrected chi connectivity index (χ3v) is 2.92. The van der Waals surface area contributed by atoms with Crippen LogP contribution in [-0.4, -0.2) is 29.7 Å². The lowest BCUT2D eigenvalue weighted by Crippen LogP contribution is -2.44. The molecule has 0 saturated carbocycles. The van der Waals surface area contributed by atoms with Crippen molar-refractivity contribution in [3.05, 3.63) is 30.3 Å². The Morgan fingerprint density at radius 2 is 2.05 bits per heavy atom. The first-order chi connectivity index (χ1) is 10.0. The van der Waals surface area contributed by atoms with Gasteiger partial charge in [0.2, 0.25) is 0 Å². The maximum atomic E-state index is 12.3. The molecule has 0 aromatic heterocycles. The van der Waals surface area contributed by atoms with E-state index in [1.165, 1.54) is 4.90 Å². The molecule has 0 fully saturated rings. The largest absolute Gasteiger partial charge is 0.481 e. The van der Waals surface area contributed by atoms with Gasteiger partial charge in [0.15, 0.2) is 0 Å². The van der Waals surface area contributed by atoms with Gasteiger partial charge >= 0.3 is 12.0 Å². The van der Waals surface area contributed by atoms with Crippen LogP contribution >= 0.6 is 0 Å². The van der Waals surface area contributed by atoms with E-state index in [9.17, 15) is 9.59 Å². The highest BCUT2D eigenvalue weighted by molar-refractivity contribution is 5.92. The van der Waals surface area contributed by atoms with Gasteiger partial charge in [-0.3, -0.25) is 9.69 Å². The van der Waals surface area contributed by atoms with Crippen LogP contribution in [0.4, 0.5) is 10.5 Å². The van der Waals surface area contributed by atoms with Crippen LogP contribution < -0.4 is 10.2 Å². The number of anilines is 1. The number of para-hydroxylation sites is 1. The number of hydrogen-bond donors (Lipinski definition) is 2. The number of carbonyl (C=O) groups excluding carboxylic acids is 1. The zero-order valence-electron chi connectivity index (χ0n) is 12.0. The molecule has 1 rings (SSSR count). The van der Waals surface area contributed by atoms with Crippen molar-refractivity contribution in [3.8, 4) is 6.07 Å². The predicted molar refractivity (Wildman–Crippen MR) is 78.9 cm³/mol. The predicted octanol–water partition coefficient (Wildman–Crippen LogP) is 2.37. The normalized spacial score (nSPS) is 11.2. The smallest absolute Gasteiger partial charge is 0.322 e. The zero-order valence-corrected chi connectivity index (χ0v) is 12.0. The van der Waals surface area contributed by atoms with E-state index in [2.05, 4.69) is 5.32 Å². The summed E-state index contributed by atoms with van der Waals surface area (Å²) in [6, 6.07) is 10.5. The van der Waals surface area contributed by atoms with Crippen LogP contribution in [0.1, 0.15) is 26.2 Å². The van der Waals surface area contributed by atoms with Gasteiger partial charge in [0, 0.05) is 24.7 Å². The van der Waals surface area contributed by atoms with E-state index in [1.807, 2.05) is 24.3 Å². The molecule has 6 nitrogen and oxygen atoms in total. The Hall–Kier alpha value is -2.55. The summed E-state index contributed by atoms with van der Waals surface area (Å²) in [6.45, 7) is 2.05. The van der Waals surface area contributed by atoms with E-state index in [0.717, 1.165) is 0 Å². The molecule has 2 amide bonds. The molecule has 6 heteroatoms. The molecule has 21 heavy (non-hydrogen) atoms. The number of urea groups is 1. The van der Waals surface area contributed by atoms with Crippen molar-refractivity contribution >= 4 is 17.7 Å². The van der Waals surface area contributed by atoms with Gasteiger partial charge in [-0.1, -0.05) is 18.2 Å². The third kappa shape index (κ3) is 5.95. The van der Waals surface area contributed by atoms with Gasteiger partial charge in [0.1, 0.15) is 0 Å². The number of aliphatic carboxylic acids is 1. The summed E-state index contributed by atoms with van der Waals surface area (Å²) >= 11 is 0. The molecule has 0 heterocycles. The fourth-order valence-corrected chi connectivity index (χ4v) is 1.82. The molecule has 1 aromatic rings. The maximum absolute atomic E-state index is 12.3. The van der Waals surface area contributed by atoms with Gasteiger partial charge < -0.3 is 10.4 Å². The number of benzene rings is 1. The summed E-state index contributed by atoms with van der Waals surface area (Å²) in [5, 5.41) is 20.1. The summed E-state index contributed by atoms with van der Waals surface area (Å²) in [5.74, 6) is -0.888. The molecule has 2 N–H and O–H groups in total.